The first-order chi connectivity index (χ1) is 20.1. The highest BCUT2D eigenvalue weighted by atomic mass is 35.5. The van der Waals surface area contributed by atoms with Crippen LogP contribution in [0.25, 0.3) is 16.2 Å². The number of carbonyl (C=O) groups excluding carboxylic acids is 4. The van der Waals surface area contributed by atoms with Crippen molar-refractivity contribution in [2.24, 2.45) is 5.92 Å². The minimum Gasteiger partial charge on any atom is -0.469 e. The number of benzene rings is 2. The first-order valence-corrected chi connectivity index (χ1v) is 14.9. The van der Waals surface area contributed by atoms with Crippen molar-refractivity contribution in [3.63, 3.8) is 0 Å². The van der Waals surface area contributed by atoms with Crippen molar-refractivity contribution < 1.29 is 28.7 Å². The van der Waals surface area contributed by atoms with Gasteiger partial charge in [0.25, 0.3) is 0 Å². The van der Waals surface area contributed by atoms with E-state index in [4.69, 9.17) is 32.7 Å². The summed E-state index contributed by atoms with van der Waals surface area (Å²) in [6.45, 7) is 0.800. The molecular formula is C30H31Cl2N3O6S. The molecule has 3 aromatic rings. The van der Waals surface area contributed by atoms with Gasteiger partial charge in [0.2, 0.25) is 11.8 Å². The molecular weight excluding hydrogens is 601 g/mol. The topological polar surface area (TPSA) is 105 Å². The molecule has 1 N–H and O–H groups in total. The lowest BCUT2D eigenvalue weighted by atomic mass is 9.94. The van der Waals surface area contributed by atoms with Crippen LogP contribution in [0.4, 0.5) is 4.79 Å². The van der Waals surface area contributed by atoms with Gasteiger partial charge >= 0.3 is 12.1 Å². The van der Waals surface area contributed by atoms with Gasteiger partial charge in [0, 0.05) is 39.2 Å². The number of likely N-dealkylation sites (tertiary alicyclic amines) is 1. The zero-order valence-electron chi connectivity index (χ0n) is 23.4. The zero-order chi connectivity index (χ0) is 30.4. The van der Waals surface area contributed by atoms with E-state index in [1.165, 1.54) is 29.4 Å². The zero-order valence-corrected chi connectivity index (χ0v) is 25.7. The van der Waals surface area contributed by atoms with E-state index in [-0.39, 0.29) is 29.9 Å². The molecule has 1 saturated heterocycles. The third-order valence-corrected chi connectivity index (χ3v) is 8.92. The number of hydrogen-bond donors (Lipinski definition) is 1. The Morgan fingerprint density at radius 3 is 2.55 bits per heavy atom. The Labute approximate surface area is 258 Å². The van der Waals surface area contributed by atoms with Crippen LogP contribution < -0.4 is 10.1 Å². The Hall–Kier alpha value is -3.60. The molecule has 3 amide bonds. The van der Waals surface area contributed by atoms with Crippen LogP contribution in [0.3, 0.4) is 0 Å². The molecule has 2 aromatic carbocycles. The number of fused-ring (bicyclic) bond motifs is 1. The maximum atomic E-state index is 13.2. The molecule has 0 bridgehead atoms. The van der Waals surface area contributed by atoms with Gasteiger partial charge in [0.15, 0.2) is 0 Å². The van der Waals surface area contributed by atoms with Crippen LogP contribution in [0.1, 0.15) is 36.4 Å². The lowest BCUT2D eigenvalue weighted by molar-refractivity contribution is -0.141. The molecule has 0 spiro atoms. The molecule has 9 nitrogen and oxygen atoms in total. The van der Waals surface area contributed by atoms with Crippen molar-refractivity contribution in [2.75, 3.05) is 34.3 Å². The molecule has 2 heterocycles. The maximum absolute atomic E-state index is 13.2. The molecule has 0 radical (unpaired) electrons. The molecule has 1 fully saturated rings. The van der Waals surface area contributed by atoms with E-state index in [1.54, 1.807) is 49.3 Å². The van der Waals surface area contributed by atoms with E-state index >= 15 is 0 Å². The van der Waals surface area contributed by atoms with Crippen molar-refractivity contribution >= 4 is 74.6 Å². The lowest BCUT2D eigenvalue weighted by Crippen LogP contribution is -2.43. The number of carbonyl (C=O) groups is 4. The summed E-state index contributed by atoms with van der Waals surface area (Å²) in [7, 11) is 4.41. The van der Waals surface area contributed by atoms with Crippen LogP contribution >= 0.6 is 34.5 Å². The molecule has 4 rings (SSSR count). The quantitative estimate of drug-likeness (QED) is 0.244. The second kappa shape index (κ2) is 14.0. The van der Waals surface area contributed by atoms with Gasteiger partial charge in [-0.15, -0.1) is 11.3 Å². The molecule has 1 aliphatic rings. The fourth-order valence-electron chi connectivity index (χ4n) is 4.60. The van der Waals surface area contributed by atoms with E-state index in [9.17, 15) is 19.2 Å². The number of nitrogens with one attached hydrogen (secondary N) is 1. The Balaban J connectivity index is 1.37. The van der Waals surface area contributed by atoms with Crippen LogP contribution in [0, 0.1) is 5.92 Å². The van der Waals surface area contributed by atoms with Crippen molar-refractivity contribution in [1.29, 1.82) is 0 Å². The maximum Gasteiger partial charge on any atom is 0.414 e. The summed E-state index contributed by atoms with van der Waals surface area (Å²) in [6, 6.07) is 9.80. The number of hydrogen-bond acceptors (Lipinski definition) is 7. The molecule has 42 heavy (non-hydrogen) atoms. The number of amides is 3. The van der Waals surface area contributed by atoms with Crippen molar-refractivity contribution in [3.05, 3.63) is 69.0 Å². The van der Waals surface area contributed by atoms with Crippen LogP contribution in [-0.2, 0) is 19.1 Å². The SMILES string of the molecule is COC(=O)CC(NC(=O)C1CCN(C(=O)C=Cc2cc3ccsc3c(Cl)c2Cl)CC1)c1cccc(OC(=O)N(C)C)c1. The van der Waals surface area contributed by atoms with Gasteiger partial charge in [0.05, 0.1) is 34.3 Å². The summed E-state index contributed by atoms with van der Waals surface area (Å²) < 4.78 is 11.1. The fourth-order valence-corrected chi connectivity index (χ4v) is 6.04. The van der Waals surface area contributed by atoms with Crippen LogP contribution in [0.15, 0.2) is 47.9 Å². The van der Waals surface area contributed by atoms with Gasteiger partial charge in [0.1, 0.15) is 5.75 Å². The first kappa shape index (κ1) is 31.3. The monoisotopic (exact) mass is 631 g/mol. The summed E-state index contributed by atoms with van der Waals surface area (Å²) >= 11 is 14.3. The van der Waals surface area contributed by atoms with E-state index in [2.05, 4.69) is 5.32 Å². The second-order valence-electron chi connectivity index (χ2n) is 10.0. The van der Waals surface area contributed by atoms with Gasteiger partial charge in [-0.1, -0.05) is 35.3 Å². The molecule has 0 aliphatic carbocycles. The first-order valence-electron chi connectivity index (χ1n) is 13.3. The third kappa shape index (κ3) is 7.61. The van der Waals surface area contributed by atoms with Crippen LogP contribution in [0.2, 0.25) is 10.0 Å². The van der Waals surface area contributed by atoms with E-state index < -0.39 is 18.1 Å². The molecule has 0 saturated carbocycles. The number of piperidine rings is 1. The summed E-state index contributed by atoms with van der Waals surface area (Å²) in [4.78, 5) is 53.2. The van der Waals surface area contributed by atoms with Gasteiger partial charge < -0.3 is 24.6 Å². The number of methoxy groups -OCH3 is 1. The highest BCUT2D eigenvalue weighted by Gasteiger charge is 2.29. The Morgan fingerprint density at radius 1 is 1.12 bits per heavy atom. The molecule has 1 unspecified atom stereocenters. The van der Waals surface area contributed by atoms with Gasteiger partial charge in [-0.2, -0.15) is 0 Å². The number of thiophene rings is 1. The average Bonchev–Trinajstić information content (AvgIpc) is 3.46. The largest absolute Gasteiger partial charge is 0.469 e. The minimum absolute atomic E-state index is 0.0980. The summed E-state index contributed by atoms with van der Waals surface area (Å²) in [5.41, 5.74) is 1.25. The highest BCUT2D eigenvalue weighted by molar-refractivity contribution is 7.18. The van der Waals surface area contributed by atoms with Gasteiger partial charge in [-0.25, -0.2) is 4.79 Å². The smallest absolute Gasteiger partial charge is 0.414 e. The molecule has 1 aromatic heterocycles. The summed E-state index contributed by atoms with van der Waals surface area (Å²) in [5.74, 6) is -0.967. The third-order valence-electron chi connectivity index (χ3n) is 6.98. The molecule has 1 atom stereocenters. The minimum atomic E-state index is -0.692. The molecule has 222 valence electrons. The van der Waals surface area contributed by atoms with E-state index in [0.717, 1.165) is 10.1 Å². The average molecular weight is 633 g/mol. The Morgan fingerprint density at radius 2 is 1.86 bits per heavy atom. The van der Waals surface area contributed by atoms with Crippen molar-refractivity contribution in [3.8, 4) is 5.75 Å². The van der Waals surface area contributed by atoms with Crippen molar-refractivity contribution in [1.82, 2.24) is 15.1 Å². The number of ether oxygens (including phenoxy) is 2. The standard InChI is InChI=1S/C30H31Cl2N3O6S/c1-34(2)30(39)41-22-6-4-5-19(16-22)23(17-25(37)40-3)33-29(38)18-9-12-35(13-10-18)24(36)8-7-20-15-21-11-14-42-28(21)27(32)26(20)31/h4-8,11,14-16,18,23H,9-10,12-13,17H2,1-3H3,(H,33,38). The highest BCUT2D eigenvalue weighted by Crippen LogP contribution is 2.37. The predicted octanol–water partition coefficient (Wildman–Crippen LogP) is 5.94. The number of rotatable bonds is 8. The molecule has 12 heteroatoms. The van der Waals surface area contributed by atoms with E-state index in [1.807, 2.05) is 17.5 Å². The number of halogens is 2. The number of esters is 1. The number of nitrogens with zero attached hydrogens (tertiary/aromatic N) is 2. The van der Waals surface area contributed by atoms with Crippen molar-refractivity contribution in [2.45, 2.75) is 25.3 Å². The Bertz CT molecular complexity index is 1510. The normalized spacial score (nSPS) is 14.5. The van der Waals surface area contributed by atoms with Crippen LogP contribution in [-0.4, -0.2) is 68.0 Å². The lowest BCUT2D eigenvalue weighted by Gasteiger charge is -2.31. The molecule has 1 aliphatic heterocycles. The Kier molecular flexibility index (Phi) is 10.5. The fraction of sp³-hybridized carbons (Fsp3) is 0.333. The second-order valence-corrected chi connectivity index (χ2v) is 11.7. The van der Waals surface area contributed by atoms with Gasteiger partial charge in [-0.3, -0.25) is 14.4 Å². The van der Waals surface area contributed by atoms with Crippen LogP contribution in [0.5, 0.6) is 5.75 Å². The van der Waals surface area contributed by atoms with Gasteiger partial charge in [-0.05, 0) is 65.1 Å². The summed E-state index contributed by atoms with van der Waals surface area (Å²) in [5, 5.41) is 6.71. The van der Waals surface area contributed by atoms with E-state index in [0.29, 0.717) is 47.1 Å². The summed E-state index contributed by atoms with van der Waals surface area (Å²) in [6.07, 6.45) is 3.41. The predicted molar refractivity (Wildman–Crippen MR) is 164 cm³/mol.